The molecular formula is C15H20N8O2. The van der Waals surface area contributed by atoms with Crippen molar-refractivity contribution in [1.82, 2.24) is 19.9 Å². The third-order valence-corrected chi connectivity index (χ3v) is 4.22. The van der Waals surface area contributed by atoms with Crippen molar-refractivity contribution in [3.05, 3.63) is 34.4 Å². The SMILES string of the molecule is CCc1cc(N2CCC(Nc3ncc([N+](=O)[O-])c(N)n3)CC2)ncn1. The fourth-order valence-corrected chi connectivity index (χ4v) is 2.79. The number of nitro groups is 1. The van der Waals surface area contributed by atoms with Crippen LogP contribution in [0.1, 0.15) is 25.5 Å². The van der Waals surface area contributed by atoms with Gasteiger partial charge in [-0.15, -0.1) is 0 Å². The molecule has 1 fully saturated rings. The number of hydrogen-bond acceptors (Lipinski definition) is 9. The second-order valence-electron chi connectivity index (χ2n) is 5.85. The van der Waals surface area contributed by atoms with E-state index in [0.29, 0.717) is 5.95 Å². The summed E-state index contributed by atoms with van der Waals surface area (Å²) in [6.07, 6.45) is 5.38. The van der Waals surface area contributed by atoms with Crippen molar-refractivity contribution in [2.24, 2.45) is 0 Å². The summed E-state index contributed by atoms with van der Waals surface area (Å²) in [6.45, 7) is 3.76. The zero-order valence-corrected chi connectivity index (χ0v) is 13.9. The first kappa shape index (κ1) is 16.8. The van der Waals surface area contributed by atoms with Crippen LogP contribution in [0, 0.1) is 10.1 Å². The number of nitrogens with one attached hydrogen (secondary N) is 1. The maximum absolute atomic E-state index is 10.7. The van der Waals surface area contributed by atoms with E-state index in [1.54, 1.807) is 6.33 Å². The third-order valence-electron chi connectivity index (χ3n) is 4.22. The van der Waals surface area contributed by atoms with E-state index in [1.165, 1.54) is 0 Å². The van der Waals surface area contributed by atoms with E-state index < -0.39 is 4.92 Å². The van der Waals surface area contributed by atoms with Crippen LogP contribution in [0.4, 0.5) is 23.3 Å². The summed E-state index contributed by atoms with van der Waals surface area (Å²) in [5, 5.41) is 13.9. The number of piperidine rings is 1. The highest BCUT2D eigenvalue weighted by Gasteiger charge is 2.22. The van der Waals surface area contributed by atoms with Crippen molar-refractivity contribution in [3.8, 4) is 0 Å². The molecule has 0 unspecified atom stereocenters. The van der Waals surface area contributed by atoms with Crippen LogP contribution in [0.3, 0.4) is 0 Å². The topological polar surface area (TPSA) is 136 Å². The summed E-state index contributed by atoms with van der Waals surface area (Å²) in [5.41, 5.74) is 6.34. The molecule has 0 amide bonds. The molecule has 2 aromatic rings. The lowest BCUT2D eigenvalue weighted by Gasteiger charge is -2.33. The average Bonchev–Trinajstić information content (AvgIpc) is 2.62. The summed E-state index contributed by atoms with van der Waals surface area (Å²) in [5.74, 6) is 1.13. The molecule has 10 nitrogen and oxygen atoms in total. The van der Waals surface area contributed by atoms with Crippen LogP contribution in [0.15, 0.2) is 18.6 Å². The van der Waals surface area contributed by atoms with E-state index >= 15 is 0 Å². The van der Waals surface area contributed by atoms with Gasteiger partial charge in [0.15, 0.2) is 0 Å². The second kappa shape index (κ2) is 7.24. The minimum atomic E-state index is -0.593. The van der Waals surface area contributed by atoms with Gasteiger partial charge in [0.1, 0.15) is 18.3 Å². The van der Waals surface area contributed by atoms with Crippen LogP contribution in [-0.4, -0.2) is 44.0 Å². The van der Waals surface area contributed by atoms with E-state index in [4.69, 9.17) is 5.73 Å². The molecule has 0 radical (unpaired) electrons. The minimum Gasteiger partial charge on any atom is -0.378 e. The summed E-state index contributed by atoms with van der Waals surface area (Å²) < 4.78 is 0. The van der Waals surface area contributed by atoms with Gasteiger partial charge in [-0.05, 0) is 19.3 Å². The largest absolute Gasteiger partial charge is 0.378 e. The molecule has 1 aliphatic rings. The monoisotopic (exact) mass is 344 g/mol. The first-order valence-electron chi connectivity index (χ1n) is 8.16. The van der Waals surface area contributed by atoms with Gasteiger partial charge in [0, 0.05) is 30.9 Å². The number of aromatic nitrogens is 4. The number of nitrogens with two attached hydrogens (primary N) is 1. The number of nitrogen functional groups attached to an aromatic ring is 1. The van der Waals surface area contributed by atoms with Crippen molar-refractivity contribution in [2.75, 3.05) is 29.0 Å². The molecule has 3 heterocycles. The average molecular weight is 344 g/mol. The standard InChI is InChI=1S/C15H20N8O2/c1-2-10-7-13(19-9-18-10)22-5-3-11(4-6-22)20-15-17-8-12(23(24)25)14(16)21-15/h7-9,11H,2-6H2,1H3,(H3,16,17,20,21). The fourth-order valence-electron chi connectivity index (χ4n) is 2.79. The van der Waals surface area contributed by atoms with Crippen molar-refractivity contribution >= 4 is 23.3 Å². The molecule has 0 aliphatic carbocycles. The molecule has 132 valence electrons. The molecule has 1 saturated heterocycles. The van der Waals surface area contributed by atoms with Crippen LogP contribution in [0.25, 0.3) is 0 Å². The van der Waals surface area contributed by atoms with Crippen molar-refractivity contribution in [3.63, 3.8) is 0 Å². The molecule has 0 atom stereocenters. The number of hydrogen-bond donors (Lipinski definition) is 2. The molecule has 2 aromatic heterocycles. The second-order valence-corrected chi connectivity index (χ2v) is 5.85. The van der Waals surface area contributed by atoms with Gasteiger partial charge in [0.25, 0.3) is 0 Å². The Morgan fingerprint density at radius 1 is 1.36 bits per heavy atom. The number of rotatable bonds is 5. The lowest BCUT2D eigenvalue weighted by Crippen LogP contribution is -2.39. The van der Waals surface area contributed by atoms with Gasteiger partial charge < -0.3 is 16.0 Å². The van der Waals surface area contributed by atoms with E-state index in [0.717, 1.165) is 50.1 Å². The summed E-state index contributed by atoms with van der Waals surface area (Å²) >= 11 is 0. The Labute approximate surface area is 144 Å². The predicted octanol–water partition coefficient (Wildman–Crippen LogP) is 1.40. The molecule has 0 saturated carbocycles. The van der Waals surface area contributed by atoms with Crippen LogP contribution in [0.5, 0.6) is 0 Å². The van der Waals surface area contributed by atoms with E-state index in [9.17, 15) is 10.1 Å². The first-order valence-corrected chi connectivity index (χ1v) is 8.16. The lowest BCUT2D eigenvalue weighted by atomic mass is 10.1. The van der Waals surface area contributed by atoms with Crippen molar-refractivity contribution < 1.29 is 4.92 Å². The molecule has 0 aromatic carbocycles. The molecule has 25 heavy (non-hydrogen) atoms. The molecular weight excluding hydrogens is 324 g/mol. The van der Waals surface area contributed by atoms with Gasteiger partial charge in [-0.3, -0.25) is 10.1 Å². The normalized spacial score (nSPS) is 15.2. The Morgan fingerprint density at radius 3 is 2.76 bits per heavy atom. The van der Waals surface area contributed by atoms with Crippen molar-refractivity contribution in [2.45, 2.75) is 32.2 Å². The Kier molecular flexibility index (Phi) is 4.87. The highest BCUT2D eigenvalue weighted by atomic mass is 16.6. The molecule has 0 bridgehead atoms. The van der Waals surface area contributed by atoms with Crippen molar-refractivity contribution in [1.29, 1.82) is 0 Å². The Balaban J connectivity index is 1.59. The summed E-state index contributed by atoms with van der Waals surface area (Å²) in [6, 6.07) is 2.21. The zero-order chi connectivity index (χ0) is 17.8. The molecule has 0 spiro atoms. The number of anilines is 3. The molecule has 1 aliphatic heterocycles. The maximum Gasteiger partial charge on any atom is 0.329 e. The van der Waals surface area contributed by atoms with E-state index in [2.05, 4.69) is 37.1 Å². The highest BCUT2D eigenvalue weighted by Crippen LogP contribution is 2.22. The van der Waals surface area contributed by atoms with Crippen LogP contribution < -0.4 is 16.0 Å². The van der Waals surface area contributed by atoms with Gasteiger partial charge in [-0.2, -0.15) is 4.98 Å². The predicted molar refractivity (Wildman–Crippen MR) is 93.4 cm³/mol. The molecule has 3 rings (SSSR count). The Hall–Kier alpha value is -3.04. The fraction of sp³-hybridized carbons (Fsp3) is 0.467. The molecule has 3 N–H and O–H groups in total. The van der Waals surface area contributed by atoms with Crippen LogP contribution in [0.2, 0.25) is 0 Å². The lowest BCUT2D eigenvalue weighted by molar-refractivity contribution is -0.384. The van der Waals surface area contributed by atoms with Gasteiger partial charge in [0.2, 0.25) is 11.8 Å². The van der Waals surface area contributed by atoms with E-state index in [1.807, 2.05) is 6.07 Å². The first-order chi connectivity index (χ1) is 12.1. The Morgan fingerprint density at radius 2 is 2.12 bits per heavy atom. The third kappa shape index (κ3) is 3.90. The zero-order valence-electron chi connectivity index (χ0n) is 13.9. The Bertz CT molecular complexity index is 761. The number of aryl methyl sites for hydroxylation is 1. The van der Waals surface area contributed by atoms with Crippen LogP contribution >= 0.6 is 0 Å². The van der Waals surface area contributed by atoms with Gasteiger partial charge >= 0.3 is 5.69 Å². The van der Waals surface area contributed by atoms with Gasteiger partial charge in [-0.1, -0.05) is 6.92 Å². The number of nitrogens with zero attached hydrogens (tertiary/aromatic N) is 6. The van der Waals surface area contributed by atoms with Gasteiger partial charge in [0.05, 0.1) is 4.92 Å². The highest BCUT2D eigenvalue weighted by molar-refractivity contribution is 5.53. The maximum atomic E-state index is 10.7. The van der Waals surface area contributed by atoms with Gasteiger partial charge in [-0.25, -0.2) is 15.0 Å². The van der Waals surface area contributed by atoms with E-state index in [-0.39, 0.29) is 17.5 Å². The summed E-state index contributed by atoms with van der Waals surface area (Å²) in [4.78, 5) is 28.9. The summed E-state index contributed by atoms with van der Waals surface area (Å²) in [7, 11) is 0. The quantitative estimate of drug-likeness (QED) is 0.609. The molecule has 10 heteroatoms. The van der Waals surface area contributed by atoms with Crippen LogP contribution in [-0.2, 0) is 6.42 Å². The smallest absolute Gasteiger partial charge is 0.329 e. The minimum absolute atomic E-state index is 0.131.